The Hall–Kier alpha value is -0.350. The van der Waals surface area contributed by atoms with Crippen LogP contribution in [0.4, 0.5) is 0 Å². The Bertz CT molecular complexity index is 751. The number of guanidine groups is 1. The standard InChI is InChI=1S/C18H26BrN3O2S.HI/c1-2-20-17(21-11-14-6-9-25(23,24)12-14)22-13-18(7-8-18)15-4-3-5-16(19)10-15;/h3-5,10,14H,2,6-9,11-13H2,1H3,(H2,20,21,22);1H. The third-order valence-corrected chi connectivity index (χ3v) is 7.39. The van der Waals surface area contributed by atoms with E-state index >= 15 is 0 Å². The van der Waals surface area contributed by atoms with E-state index in [1.54, 1.807) is 0 Å². The van der Waals surface area contributed by atoms with Gasteiger partial charge < -0.3 is 10.6 Å². The smallest absolute Gasteiger partial charge is 0.191 e. The second-order valence-corrected chi connectivity index (χ2v) is 10.3. The van der Waals surface area contributed by atoms with Crippen LogP contribution >= 0.6 is 39.9 Å². The summed E-state index contributed by atoms with van der Waals surface area (Å²) in [6, 6.07) is 8.49. The Kier molecular flexibility index (Phi) is 7.79. The average Bonchev–Trinajstić information content (AvgIpc) is 3.28. The molecule has 0 bridgehead atoms. The minimum Gasteiger partial charge on any atom is -0.357 e. The van der Waals surface area contributed by atoms with E-state index in [1.807, 2.05) is 13.0 Å². The fraction of sp³-hybridized carbons (Fsp3) is 0.611. The summed E-state index contributed by atoms with van der Waals surface area (Å²) in [5, 5.41) is 6.60. The van der Waals surface area contributed by atoms with Crippen molar-refractivity contribution in [2.24, 2.45) is 10.9 Å². The molecule has 5 nitrogen and oxygen atoms in total. The van der Waals surface area contributed by atoms with Crippen LogP contribution in [-0.2, 0) is 15.3 Å². The van der Waals surface area contributed by atoms with Crippen LogP contribution in [0.15, 0.2) is 33.7 Å². The van der Waals surface area contributed by atoms with Gasteiger partial charge in [0.15, 0.2) is 15.8 Å². The molecule has 1 aliphatic heterocycles. The molecule has 146 valence electrons. The highest BCUT2D eigenvalue weighted by atomic mass is 127. The summed E-state index contributed by atoms with van der Waals surface area (Å²) in [7, 11) is -2.83. The number of rotatable bonds is 6. The molecule has 1 heterocycles. The van der Waals surface area contributed by atoms with Crippen LogP contribution in [0.2, 0.25) is 0 Å². The first-order chi connectivity index (χ1) is 11.9. The summed E-state index contributed by atoms with van der Waals surface area (Å²) in [6.07, 6.45) is 3.07. The molecule has 1 aromatic carbocycles. The third kappa shape index (κ3) is 5.82. The number of nitrogens with zero attached hydrogens (tertiary/aromatic N) is 1. The van der Waals surface area contributed by atoms with Crippen molar-refractivity contribution < 1.29 is 8.42 Å². The zero-order chi connectivity index (χ0) is 17.9. The molecule has 1 unspecified atom stereocenters. The lowest BCUT2D eigenvalue weighted by Gasteiger charge is -2.17. The number of nitrogens with one attached hydrogen (secondary N) is 2. The van der Waals surface area contributed by atoms with E-state index in [9.17, 15) is 8.42 Å². The van der Waals surface area contributed by atoms with Gasteiger partial charge in [-0.1, -0.05) is 28.1 Å². The Balaban J connectivity index is 0.00000243. The first-order valence-corrected chi connectivity index (χ1v) is 11.5. The molecule has 2 fully saturated rings. The molecule has 1 saturated carbocycles. The fourth-order valence-corrected chi connectivity index (χ4v) is 5.61. The van der Waals surface area contributed by atoms with E-state index in [0.29, 0.717) is 18.1 Å². The van der Waals surface area contributed by atoms with Crippen molar-refractivity contribution in [1.29, 1.82) is 0 Å². The second-order valence-electron chi connectivity index (χ2n) is 7.14. The van der Waals surface area contributed by atoms with Gasteiger partial charge in [-0.05, 0) is 49.8 Å². The maximum Gasteiger partial charge on any atom is 0.191 e. The SMILES string of the molecule is CCNC(=NCC1(c2cccc(Br)c2)CC1)NCC1CCS(=O)(=O)C1.I. The molecule has 1 aromatic rings. The Morgan fingerprint density at radius 3 is 2.69 bits per heavy atom. The van der Waals surface area contributed by atoms with Gasteiger partial charge in [0.2, 0.25) is 0 Å². The minimum atomic E-state index is -2.83. The van der Waals surface area contributed by atoms with E-state index in [2.05, 4.69) is 44.8 Å². The first-order valence-electron chi connectivity index (χ1n) is 8.91. The van der Waals surface area contributed by atoms with Crippen molar-refractivity contribution in [3.8, 4) is 0 Å². The Morgan fingerprint density at radius 1 is 1.35 bits per heavy atom. The molecular formula is C18H27BrIN3O2S. The van der Waals surface area contributed by atoms with Crippen molar-refractivity contribution in [2.45, 2.75) is 31.6 Å². The number of benzene rings is 1. The van der Waals surface area contributed by atoms with E-state index < -0.39 is 9.84 Å². The molecule has 0 radical (unpaired) electrons. The van der Waals surface area contributed by atoms with Gasteiger partial charge in [-0.2, -0.15) is 0 Å². The topological polar surface area (TPSA) is 70.6 Å². The van der Waals surface area contributed by atoms with Gasteiger partial charge in [0.1, 0.15) is 0 Å². The summed E-state index contributed by atoms with van der Waals surface area (Å²) in [4.78, 5) is 4.78. The summed E-state index contributed by atoms with van der Waals surface area (Å²) in [5.41, 5.74) is 1.49. The van der Waals surface area contributed by atoms with Gasteiger partial charge in [-0.25, -0.2) is 8.42 Å². The summed E-state index contributed by atoms with van der Waals surface area (Å²) in [6.45, 7) is 4.24. The lowest BCUT2D eigenvalue weighted by Crippen LogP contribution is -2.40. The largest absolute Gasteiger partial charge is 0.357 e. The first kappa shape index (κ1) is 21.9. The highest BCUT2D eigenvalue weighted by Crippen LogP contribution is 2.48. The number of halogens is 2. The zero-order valence-electron chi connectivity index (χ0n) is 15.0. The van der Waals surface area contributed by atoms with Gasteiger partial charge in [0, 0.05) is 23.0 Å². The number of sulfone groups is 1. The summed E-state index contributed by atoms with van der Waals surface area (Å²) < 4.78 is 24.3. The Morgan fingerprint density at radius 2 is 2.12 bits per heavy atom. The number of hydrogen-bond acceptors (Lipinski definition) is 3. The second kappa shape index (κ2) is 9.23. The lowest BCUT2D eigenvalue weighted by molar-refractivity contribution is 0.566. The van der Waals surface area contributed by atoms with Gasteiger partial charge in [0.05, 0.1) is 18.1 Å². The van der Waals surface area contributed by atoms with Crippen LogP contribution in [0.3, 0.4) is 0 Å². The molecule has 0 amide bonds. The van der Waals surface area contributed by atoms with Crippen molar-refractivity contribution >= 4 is 55.7 Å². The molecule has 8 heteroatoms. The molecule has 1 saturated heterocycles. The summed E-state index contributed by atoms with van der Waals surface area (Å²) in [5.74, 6) is 1.59. The van der Waals surface area contributed by atoms with E-state index in [1.165, 1.54) is 5.56 Å². The monoisotopic (exact) mass is 555 g/mol. The molecule has 0 spiro atoms. The van der Waals surface area contributed by atoms with Crippen LogP contribution in [0, 0.1) is 5.92 Å². The Labute approximate surface area is 181 Å². The van der Waals surface area contributed by atoms with E-state index in [0.717, 1.165) is 42.8 Å². The van der Waals surface area contributed by atoms with Crippen LogP contribution in [-0.4, -0.2) is 45.5 Å². The normalized spacial score (nSPS) is 23.2. The average molecular weight is 556 g/mol. The molecule has 0 aromatic heterocycles. The maximum atomic E-state index is 11.6. The molecule has 1 aliphatic carbocycles. The summed E-state index contributed by atoms with van der Waals surface area (Å²) >= 11 is 3.55. The van der Waals surface area contributed by atoms with Crippen LogP contribution < -0.4 is 10.6 Å². The molecule has 26 heavy (non-hydrogen) atoms. The van der Waals surface area contributed by atoms with Crippen molar-refractivity contribution in [1.82, 2.24) is 10.6 Å². The fourth-order valence-electron chi connectivity index (χ4n) is 3.35. The predicted octanol–water partition coefficient (Wildman–Crippen LogP) is 3.09. The third-order valence-electron chi connectivity index (χ3n) is 5.06. The molecule has 2 N–H and O–H groups in total. The maximum absolute atomic E-state index is 11.6. The highest BCUT2D eigenvalue weighted by molar-refractivity contribution is 14.0. The number of hydrogen-bond donors (Lipinski definition) is 2. The van der Waals surface area contributed by atoms with Crippen LogP contribution in [0.1, 0.15) is 31.7 Å². The number of aliphatic imine (C=N–C) groups is 1. The van der Waals surface area contributed by atoms with Gasteiger partial charge in [0.25, 0.3) is 0 Å². The molecular weight excluding hydrogens is 529 g/mol. The van der Waals surface area contributed by atoms with Gasteiger partial charge >= 0.3 is 0 Å². The minimum absolute atomic E-state index is 0. The van der Waals surface area contributed by atoms with Crippen LogP contribution in [0.25, 0.3) is 0 Å². The lowest BCUT2D eigenvalue weighted by atomic mass is 9.96. The van der Waals surface area contributed by atoms with Crippen molar-refractivity contribution in [3.63, 3.8) is 0 Å². The van der Waals surface area contributed by atoms with E-state index in [4.69, 9.17) is 4.99 Å². The van der Waals surface area contributed by atoms with Gasteiger partial charge in [-0.3, -0.25) is 4.99 Å². The van der Waals surface area contributed by atoms with Crippen molar-refractivity contribution in [3.05, 3.63) is 34.3 Å². The molecule has 3 rings (SSSR count). The zero-order valence-corrected chi connectivity index (χ0v) is 19.7. The van der Waals surface area contributed by atoms with Gasteiger partial charge in [-0.15, -0.1) is 24.0 Å². The highest BCUT2D eigenvalue weighted by Gasteiger charge is 2.44. The molecule has 2 aliphatic rings. The van der Waals surface area contributed by atoms with Crippen LogP contribution in [0.5, 0.6) is 0 Å². The molecule has 1 atom stereocenters. The van der Waals surface area contributed by atoms with Crippen molar-refractivity contribution in [2.75, 3.05) is 31.1 Å². The van der Waals surface area contributed by atoms with E-state index in [-0.39, 0.29) is 35.3 Å². The predicted molar refractivity (Wildman–Crippen MR) is 121 cm³/mol. The quantitative estimate of drug-likeness (QED) is 0.321.